The lowest BCUT2D eigenvalue weighted by Crippen LogP contribution is -2.30. The SMILES string of the molecule is CCC1=C(C(=O)OC)[C@@H](c2ccccc2OC(F)F)n2ncnc2N1. The van der Waals surface area contributed by atoms with Crippen LogP contribution < -0.4 is 10.1 Å². The monoisotopic (exact) mass is 350 g/mol. The third-order valence-electron chi connectivity index (χ3n) is 3.87. The number of carbonyl (C=O) groups excluding carboxylic acids is 1. The summed E-state index contributed by atoms with van der Waals surface area (Å²) in [6.45, 7) is -1.13. The number of benzene rings is 1. The Balaban J connectivity index is 2.21. The summed E-state index contributed by atoms with van der Waals surface area (Å²) >= 11 is 0. The van der Waals surface area contributed by atoms with Crippen LogP contribution in [0.15, 0.2) is 41.9 Å². The van der Waals surface area contributed by atoms with Gasteiger partial charge in [0.15, 0.2) is 0 Å². The number of para-hydroxylation sites is 1. The van der Waals surface area contributed by atoms with Gasteiger partial charge in [-0.25, -0.2) is 9.48 Å². The third-order valence-corrected chi connectivity index (χ3v) is 3.87. The molecule has 1 atom stereocenters. The lowest BCUT2D eigenvalue weighted by molar-refractivity contribution is -0.136. The molecule has 0 fully saturated rings. The van der Waals surface area contributed by atoms with Crippen LogP contribution in [0, 0.1) is 0 Å². The number of hydrogen-bond donors (Lipinski definition) is 1. The fourth-order valence-corrected chi connectivity index (χ4v) is 2.84. The molecule has 0 amide bonds. The number of anilines is 1. The molecule has 7 nitrogen and oxygen atoms in total. The van der Waals surface area contributed by atoms with E-state index in [0.29, 0.717) is 23.6 Å². The lowest BCUT2D eigenvalue weighted by atomic mass is 9.94. The van der Waals surface area contributed by atoms with Crippen LogP contribution in [0.25, 0.3) is 0 Å². The zero-order chi connectivity index (χ0) is 18.0. The fraction of sp³-hybridized carbons (Fsp3) is 0.312. The third kappa shape index (κ3) is 3.04. The summed E-state index contributed by atoms with van der Waals surface area (Å²) < 4.78 is 36.6. The van der Waals surface area contributed by atoms with Crippen molar-refractivity contribution in [1.29, 1.82) is 0 Å². The van der Waals surface area contributed by atoms with Gasteiger partial charge in [-0.3, -0.25) is 0 Å². The van der Waals surface area contributed by atoms with Gasteiger partial charge in [0.05, 0.1) is 12.7 Å². The summed E-state index contributed by atoms with van der Waals surface area (Å²) in [5, 5.41) is 7.16. The quantitative estimate of drug-likeness (QED) is 0.836. The number of esters is 1. The number of fused-ring (bicyclic) bond motifs is 1. The van der Waals surface area contributed by atoms with Gasteiger partial charge in [-0.05, 0) is 12.5 Å². The number of ether oxygens (including phenoxy) is 2. The van der Waals surface area contributed by atoms with Crippen molar-refractivity contribution in [2.24, 2.45) is 0 Å². The maximum Gasteiger partial charge on any atom is 0.387 e. The summed E-state index contributed by atoms with van der Waals surface area (Å²) in [6, 6.07) is 5.48. The highest BCUT2D eigenvalue weighted by Gasteiger charge is 2.36. The molecule has 0 bridgehead atoms. The van der Waals surface area contributed by atoms with E-state index in [0.717, 1.165) is 0 Å². The van der Waals surface area contributed by atoms with Gasteiger partial charge in [0.25, 0.3) is 0 Å². The van der Waals surface area contributed by atoms with Crippen molar-refractivity contribution < 1.29 is 23.0 Å². The highest BCUT2D eigenvalue weighted by molar-refractivity contribution is 5.92. The normalized spacial score (nSPS) is 16.4. The van der Waals surface area contributed by atoms with Gasteiger partial charge in [0.2, 0.25) is 5.95 Å². The molecule has 2 aromatic rings. The van der Waals surface area contributed by atoms with Crippen LogP contribution >= 0.6 is 0 Å². The second kappa shape index (κ2) is 6.88. The Labute approximate surface area is 142 Å². The van der Waals surface area contributed by atoms with E-state index in [1.54, 1.807) is 18.2 Å². The first-order chi connectivity index (χ1) is 12.1. The number of alkyl halides is 2. The zero-order valence-electron chi connectivity index (χ0n) is 13.6. The smallest absolute Gasteiger partial charge is 0.387 e. The van der Waals surface area contributed by atoms with E-state index in [2.05, 4.69) is 20.1 Å². The number of nitrogens with one attached hydrogen (secondary N) is 1. The molecule has 0 saturated carbocycles. The molecule has 132 valence electrons. The summed E-state index contributed by atoms with van der Waals surface area (Å²) in [5.74, 6) is -0.216. The van der Waals surface area contributed by atoms with E-state index in [9.17, 15) is 13.6 Å². The molecule has 25 heavy (non-hydrogen) atoms. The fourth-order valence-electron chi connectivity index (χ4n) is 2.84. The lowest BCUT2D eigenvalue weighted by Gasteiger charge is -2.29. The molecule has 0 saturated heterocycles. The topological polar surface area (TPSA) is 78.3 Å². The van der Waals surface area contributed by atoms with Gasteiger partial charge >= 0.3 is 12.6 Å². The molecule has 1 N–H and O–H groups in total. The van der Waals surface area contributed by atoms with Crippen molar-refractivity contribution in [1.82, 2.24) is 14.8 Å². The molecule has 1 aliphatic heterocycles. The number of allylic oxidation sites excluding steroid dienone is 1. The van der Waals surface area contributed by atoms with Crippen LogP contribution in [0.5, 0.6) is 5.75 Å². The Bertz CT molecular complexity index is 819. The summed E-state index contributed by atoms with van der Waals surface area (Å²) in [4.78, 5) is 16.5. The molecule has 1 aliphatic rings. The first-order valence-corrected chi connectivity index (χ1v) is 7.58. The standard InChI is InChI=1S/C16H16F2N4O3/c1-3-10-12(14(23)24-2)13(22-16(21-10)19-8-20-22)9-6-4-5-7-11(9)25-15(17)18/h4-8,13,15H,3H2,1-2H3,(H,19,20,21)/t13-/m1/s1. The first kappa shape index (κ1) is 16.9. The minimum atomic E-state index is -2.99. The van der Waals surface area contributed by atoms with Crippen LogP contribution in [-0.2, 0) is 9.53 Å². The van der Waals surface area contributed by atoms with Crippen LogP contribution in [-0.4, -0.2) is 34.5 Å². The number of methoxy groups -OCH3 is 1. The van der Waals surface area contributed by atoms with Gasteiger partial charge < -0.3 is 14.8 Å². The van der Waals surface area contributed by atoms with Gasteiger partial charge in [-0.1, -0.05) is 25.1 Å². The molecular formula is C16H16F2N4O3. The van der Waals surface area contributed by atoms with Crippen LogP contribution in [0.1, 0.15) is 24.9 Å². The minimum Gasteiger partial charge on any atom is -0.466 e. The van der Waals surface area contributed by atoms with Crippen LogP contribution in [0.3, 0.4) is 0 Å². The van der Waals surface area contributed by atoms with Crippen molar-refractivity contribution in [2.75, 3.05) is 12.4 Å². The van der Waals surface area contributed by atoms with Crippen molar-refractivity contribution in [3.63, 3.8) is 0 Å². The average Bonchev–Trinajstić information content (AvgIpc) is 3.07. The molecular weight excluding hydrogens is 334 g/mol. The van der Waals surface area contributed by atoms with Gasteiger partial charge in [-0.2, -0.15) is 18.9 Å². The predicted octanol–water partition coefficient (Wildman–Crippen LogP) is 2.73. The number of carbonyl (C=O) groups is 1. The maximum atomic E-state index is 12.8. The number of nitrogens with zero attached hydrogens (tertiary/aromatic N) is 3. The van der Waals surface area contributed by atoms with Crippen LogP contribution in [0.2, 0.25) is 0 Å². The Hall–Kier alpha value is -2.97. The molecule has 2 heterocycles. The molecule has 0 aliphatic carbocycles. The summed E-state index contributed by atoms with van der Waals surface area (Å²) in [5.41, 5.74) is 1.22. The zero-order valence-corrected chi connectivity index (χ0v) is 13.6. The molecule has 1 aromatic carbocycles. The highest BCUT2D eigenvalue weighted by Crippen LogP contribution is 2.40. The number of halogens is 2. The maximum absolute atomic E-state index is 12.8. The van der Waals surface area contributed by atoms with E-state index in [4.69, 9.17) is 4.74 Å². The minimum absolute atomic E-state index is 0.0392. The largest absolute Gasteiger partial charge is 0.466 e. The van der Waals surface area contributed by atoms with Crippen molar-refractivity contribution >= 4 is 11.9 Å². The molecule has 0 radical (unpaired) electrons. The molecule has 1 aromatic heterocycles. The Kier molecular flexibility index (Phi) is 4.64. The van der Waals surface area contributed by atoms with Gasteiger partial charge in [0, 0.05) is 11.3 Å². The van der Waals surface area contributed by atoms with Gasteiger partial charge in [-0.15, -0.1) is 0 Å². The Morgan fingerprint density at radius 3 is 2.84 bits per heavy atom. The van der Waals surface area contributed by atoms with E-state index in [1.807, 2.05) is 6.92 Å². The average molecular weight is 350 g/mol. The number of hydrogen-bond acceptors (Lipinski definition) is 6. The molecule has 0 unspecified atom stereocenters. The Morgan fingerprint density at radius 1 is 1.40 bits per heavy atom. The summed E-state index contributed by atoms with van der Waals surface area (Å²) in [7, 11) is 1.26. The van der Waals surface area contributed by atoms with Crippen LogP contribution in [0.4, 0.5) is 14.7 Å². The molecule has 9 heteroatoms. The second-order valence-corrected chi connectivity index (χ2v) is 5.21. The van der Waals surface area contributed by atoms with E-state index < -0.39 is 18.6 Å². The number of rotatable bonds is 5. The highest BCUT2D eigenvalue weighted by atomic mass is 19.3. The second-order valence-electron chi connectivity index (χ2n) is 5.21. The number of aromatic nitrogens is 3. The van der Waals surface area contributed by atoms with Crippen molar-refractivity contribution in [3.8, 4) is 5.75 Å². The Morgan fingerprint density at radius 2 is 2.16 bits per heavy atom. The summed E-state index contributed by atoms with van der Waals surface area (Å²) in [6.07, 6.45) is 1.81. The predicted molar refractivity (Wildman–Crippen MR) is 84.2 cm³/mol. The van der Waals surface area contributed by atoms with Gasteiger partial charge in [0.1, 0.15) is 18.1 Å². The van der Waals surface area contributed by atoms with E-state index >= 15 is 0 Å². The molecule has 3 rings (SSSR count). The van der Waals surface area contributed by atoms with E-state index in [1.165, 1.54) is 24.2 Å². The van der Waals surface area contributed by atoms with Crippen molar-refractivity contribution in [3.05, 3.63) is 47.4 Å². The van der Waals surface area contributed by atoms with Crippen molar-refractivity contribution in [2.45, 2.75) is 26.0 Å². The molecule has 0 spiro atoms. The van der Waals surface area contributed by atoms with E-state index in [-0.39, 0.29) is 11.3 Å². The first-order valence-electron chi connectivity index (χ1n) is 7.58.